The molecule has 0 saturated carbocycles. The van der Waals surface area contributed by atoms with Gasteiger partial charge in [-0.05, 0) is 24.8 Å². The second-order valence-electron chi connectivity index (χ2n) is 6.17. The monoisotopic (exact) mass is 295 g/mol. The van der Waals surface area contributed by atoms with E-state index in [-0.39, 0.29) is 0 Å². The van der Waals surface area contributed by atoms with Crippen LogP contribution in [0.1, 0.15) is 17.5 Å². The normalized spacial score (nSPS) is 17.1. The number of nitrogens with one attached hydrogen (secondary N) is 2. The Bertz CT molecular complexity index is 693. The van der Waals surface area contributed by atoms with Crippen LogP contribution >= 0.6 is 0 Å². The van der Waals surface area contributed by atoms with Gasteiger partial charge in [-0.2, -0.15) is 4.98 Å². The molecule has 2 heterocycles. The zero-order valence-electron chi connectivity index (χ0n) is 12.6. The number of nitrogens with zero attached hydrogens (tertiary/aromatic N) is 2. The fourth-order valence-electron chi connectivity index (χ4n) is 3.27. The Hall–Kier alpha value is -2.14. The van der Waals surface area contributed by atoms with Crippen molar-refractivity contribution in [3.05, 3.63) is 35.4 Å². The molecule has 114 valence electrons. The zero-order chi connectivity index (χ0) is 14.9. The van der Waals surface area contributed by atoms with E-state index in [1.165, 1.54) is 16.7 Å². The molecule has 0 bridgehead atoms. The Morgan fingerprint density at radius 2 is 2.05 bits per heavy atom. The first kappa shape index (κ1) is 13.5. The van der Waals surface area contributed by atoms with E-state index >= 15 is 0 Å². The van der Waals surface area contributed by atoms with Crippen molar-refractivity contribution in [2.45, 2.75) is 19.3 Å². The van der Waals surface area contributed by atoms with Crippen molar-refractivity contribution in [1.82, 2.24) is 15.3 Å². The maximum atomic E-state index is 5.97. The summed E-state index contributed by atoms with van der Waals surface area (Å²) in [5, 5.41) is 6.80. The average Bonchev–Trinajstić information content (AvgIpc) is 2.65. The smallest absolute Gasteiger partial charge is 0.222 e. The lowest BCUT2D eigenvalue weighted by molar-refractivity contribution is 0.365. The van der Waals surface area contributed by atoms with Gasteiger partial charge in [-0.15, -0.1) is 0 Å². The van der Waals surface area contributed by atoms with Crippen molar-refractivity contribution < 1.29 is 0 Å². The Morgan fingerprint density at radius 3 is 2.86 bits per heavy atom. The fraction of sp³-hybridized carbons (Fsp3) is 0.412. The van der Waals surface area contributed by atoms with E-state index in [1.807, 2.05) is 0 Å². The van der Waals surface area contributed by atoms with E-state index < -0.39 is 0 Å². The van der Waals surface area contributed by atoms with Crippen molar-refractivity contribution in [1.29, 1.82) is 0 Å². The first-order chi connectivity index (χ1) is 10.8. The first-order valence-corrected chi connectivity index (χ1v) is 8.00. The molecule has 1 aliphatic carbocycles. The standard InChI is InChI=1S/C17H21N5/c18-17-21-15-13-6-2-1-4-12(13)5-3-7-14(15)16(22-17)20-10-11-8-19-9-11/h1-2,4,6,11,19H,3,5,7-10H2,(H3,18,20,21,22). The molecule has 4 N–H and O–H groups in total. The van der Waals surface area contributed by atoms with Crippen LogP contribution in [-0.4, -0.2) is 29.6 Å². The van der Waals surface area contributed by atoms with Gasteiger partial charge in [0.25, 0.3) is 0 Å². The van der Waals surface area contributed by atoms with Crippen LogP contribution < -0.4 is 16.4 Å². The quantitative estimate of drug-likeness (QED) is 0.805. The largest absolute Gasteiger partial charge is 0.369 e. The second kappa shape index (κ2) is 5.57. The second-order valence-corrected chi connectivity index (χ2v) is 6.17. The Kier molecular flexibility index (Phi) is 3.42. The molecule has 5 nitrogen and oxygen atoms in total. The molecule has 1 aromatic heterocycles. The average molecular weight is 295 g/mol. The summed E-state index contributed by atoms with van der Waals surface area (Å²) in [6, 6.07) is 8.50. The maximum absolute atomic E-state index is 5.97. The van der Waals surface area contributed by atoms with Gasteiger partial charge in [0.1, 0.15) is 5.82 Å². The van der Waals surface area contributed by atoms with Crippen molar-refractivity contribution in [3.8, 4) is 11.3 Å². The topological polar surface area (TPSA) is 75.9 Å². The first-order valence-electron chi connectivity index (χ1n) is 8.00. The molecule has 5 heteroatoms. The Balaban J connectivity index is 1.74. The maximum Gasteiger partial charge on any atom is 0.222 e. The van der Waals surface area contributed by atoms with E-state index in [9.17, 15) is 0 Å². The fourth-order valence-corrected chi connectivity index (χ4v) is 3.27. The summed E-state index contributed by atoms with van der Waals surface area (Å²) in [4.78, 5) is 9.02. The van der Waals surface area contributed by atoms with Gasteiger partial charge in [-0.3, -0.25) is 0 Å². The van der Waals surface area contributed by atoms with Crippen LogP contribution in [0.2, 0.25) is 0 Å². The molecule has 0 unspecified atom stereocenters. The molecule has 2 aliphatic rings. The minimum atomic E-state index is 0.352. The Labute approximate surface area is 130 Å². The number of hydrogen-bond donors (Lipinski definition) is 3. The number of aromatic nitrogens is 2. The highest BCUT2D eigenvalue weighted by Crippen LogP contribution is 2.34. The van der Waals surface area contributed by atoms with Crippen LogP contribution in [0.5, 0.6) is 0 Å². The number of anilines is 2. The van der Waals surface area contributed by atoms with Crippen LogP contribution in [0.3, 0.4) is 0 Å². The molecule has 2 aromatic rings. The molecule has 22 heavy (non-hydrogen) atoms. The molecular formula is C17H21N5. The summed E-state index contributed by atoms with van der Waals surface area (Å²) >= 11 is 0. The summed E-state index contributed by atoms with van der Waals surface area (Å²) in [5.74, 6) is 1.96. The van der Waals surface area contributed by atoms with E-state index in [0.717, 1.165) is 50.4 Å². The minimum Gasteiger partial charge on any atom is -0.369 e. The number of rotatable bonds is 3. The number of fused-ring (bicyclic) bond motifs is 3. The van der Waals surface area contributed by atoms with Crippen molar-refractivity contribution in [2.75, 3.05) is 30.7 Å². The summed E-state index contributed by atoms with van der Waals surface area (Å²) in [5.41, 5.74) is 10.8. The highest BCUT2D eigenvalue weighted by molar-refractivity contribution is 5.73. The predicted octanol–water partition coefficient (Wildman–Crippen LogP) is 1.85. The number of aryl methyl sites for hydroxylation is 1. The van der Waals surface area contributed by atoms with Gasteiger partial charge in [0.2, 0.25) is 5.95 Å². The van der Waals surface area contributed by atoms with Crippen molar-refractivity contribution >= 4 is 11.8 Å². The van der Waals surface area contributed by atoms with Crippen LogP contribution in [-0.2, 0) is 12.8 Å². The summed E-state index contributed by atoms with van der Waals surface area (Å²) < 4.78 is 0. The lowest BCUT2D eigenvalue weighted by Gasteiger charge is -2.27. The van der Waals surface area contributed by atoms with Gasteiger partial charge in [0, 0.05) is 36.7 Å². The van der Waals surface area contributed by atoms with E-state index in [0.29, 0.717) is 11.9 Å². The molecule has 0 atom stereocenters. The summed E-state index contributed by atoms with van der Waals surface area (Å²) in [6.07, 6.45) is 3.20. The van der Waals surface area contributed by atoms with E-state index in [2.05, 4.69) is 44.9 Å². The predicted molar refractivity (Wildman–Crippen MR) is 88.8 cm³/mol. The highest BCUT2D eigenvalue weighted by Gasteiger charge is 2.22. The zero-order valence-corrected chi connectivity index (χ0v) is 12.6. The molecule has 0 spiro atoms. The lowest BCUT2D eigenvalue weighted by atomic mass is 10.0. The Morgan fingerprint density at radius 1 is 1.18 bits per heavy atom. The van der Waals surface area contributed by atoms with Crippen LogP contribution in [0.15, 0.2) is 24.3 Å². The molecule has 1 fully saturated rings. The third-order valence-corrected chi connectivity index (χ3v) is 4.59. The van der Waals surface area contributed by atoms with Gasteiger partial charge >= 0.3 is 0 Å². The third kappa shape index (κ3) is 2.41. The lowest BCUT2D eigenvalue weighted by Crippen LogP contribution is -2.45. The number of benzene rings is 1. The van der Waals surface area contributed by atoms with Gasteiger partial charge < -0.3 is 16.4 Å². The van der Waals surface area contributed by atoms with Crippen molar-refractivity contribution in [3.63, 3.8) is 0 Å². The van der Waals surface area contributed by atoms with Gasteiger partial charge in [-0.1, -0.05) is 24.3 Å². The molecule has 0 radical (unpaired) electrons. The number of nitrogen functional groups attached to an aromatic ring is 1. The molecule has 1 aliphatic heterocycles. The van der Waals surface area contributed by atoms with Crippen LogP contribution in [0.25, 0.3) is 11.3 Å². The molecule has 1 saturated heterocycles. The van der Waals surface area contributed by atoms with Gasteiger partial charge in [-0.25, -0.2) is 4.98 Å². The molecule has 1 aromatic carbocycles. The molecule has 4 rings (SSSR count). The van der Waals surface area contributed by atoms with Crippen molar-refractivity contribution in [2.24, 2.45) is 5.92 Å². The SMILES string of the molecule is Nc1nc(NCC2CNC2)c2c(n1)-c1ccccc1CCC2. The number of hydrogen-bond acceptors (Lipinski definition) is 5. The van der Waals surface area contributed by atoms with Gasteiger partial charge in [0.05, 0.1) is 5.69 Å². The van der Waals surface area contributed by atoms with Crippen LogP contribution in [0.4, 0.5) is 11.8 Å². The van der Waals surface area contributed by atoms with Gasteiger partial charge in [0.15, 0.2) is 0 Å². The third-order valence-electron chi connectivity index (χ3n) is 4.59. The van der Waals surface area contributed by atoms with Crippen LogP contribution in [0, 0.1) is 5.92 Å². The summed E-state index contributed by atoms with van der Waals surface area (Å²) in [6.45, 7) is 3.11. The number of nitrogens with two attached hydrogens (primary N) is 1. The molecular weight excluding hydrogens is 274 g/mol. The summed E-state index contributed by atoms with van der Waals surface area (Å²) in [7, 11) is 0. The van der Waals surface area contributed by atoms with E-state index in [4.69, 9.17) is 5.73 Å². The van der Waals surface area contributed by atoms with E-state index in [1.54, 1.807) is 0 Å². The minimum absolute atomic E-state index is 0.352. The highest BCUT2D eigenvalue weighted by atomic mass is 15.1. The molecule has 0 amide bonds.